The van der Waals surface area contributed by atoms with Crippen molar-refractivity contribution in [1.29, 1.82) is 0 Å². The SMILES string of the molecule is Cc1c([C@@H]2[C@H](c3ccccn3)NC(=S)N2c2ccc(O)cc2)c(C)n(-c2cccc(Cl)c2)c1C. The Kier molecular flexibility index (Phi) is 5.80. The minimum atomic E-state index is -0.144. The molecule has 3 heterocycles. The highest BCUT2D eigenvalue weighted by molar-refractivity contribution is 7.80. The molecule has 5 nitrogen and oxygen atoms in total. The standard InChI is InChI=1S/C27H25ClN4OS/c1-16-17(2)31(21-8-6-7-19(28)15-21)18(3)24(16)26-25(23-9-4-5-14-29-23)30-27(34)32(26)20-10-12-22(33)13-11-20/h4-15,25-26,33H,1-3H3,(H,30,34)/t25-,26+/m0/s1. The zero-order valence-electron chi connectivity index (χ0n) is 19.2. The van der Waals surface area contributed by atoms with Gasteiger partial charge in [-0.15, -0.1) is 0 Å². The molecule has 2 aromatic carbocycles. The monoisotopic (exact) mass is 488 g/mol. The third-order valence-electron chi connectivity index (χ3n) is 6.60. The van der Waals surface area contributed by atoms with Crippen molar-refractivity contribution in [3.8, 4) is 11.4 Å². The molecule has 0 spiro atoms. The molecule has 0 amide bonds. The Balaban J connectivity index is 1.73. The predicted octanol–water partition coefficient (Wildman–Crippen LogP) is 6.33. The number of nitrogens with zero attached hydrogens (tertiary/aromatic N) is 3. The molecule has 0 bridgehead atoms. The van der Waals surface area contributed by atoms with Crippen molar-refractivity contribution in [2.75, 3.05) is 4.90 Å². The summed E-state index contributed by atoms with van der Waals surface area (Å²) in [5, 5.41) is 14.7. The fourth-order valence-corrected chi connectivity index (χ4v) is 5.51. The Morgan fingerprint density at radius 1 is 0.941 bits per heavy atom. The van der Waals surface area contributed by atoms with Gasteiger partial charge in [0, 0.05) is 39.5 Å². The average molecular weight is 489 g/mol. The maximum atomic E-state index is 9.86. The van der Waals surface area contributed by atoms with Crippen LogP contribution < -0.4 is 10.2 Å². The second kappa shape index (κ2) is 8.78. The summed E-state index contributed by atoms with van der Waals surface area (Å²) in [6.07, 6.45) is 1.81. The number of hydrogen-bond donors (Lipinski definition) is 2. The van der Waals surface area contributed by atoms with Gasteiger partial charge in [0.15, 0.2) is 5.11 Å². The highest BCUT2D eigenvalue weighted by Crippen LogP contribution is 2.45. The van der Waals surface area contributed by atoms with Gasteiger partial charge in [-0.25, -0.2) is 0 Å². The molecule has 2 aromatic heterocycles. The Morgan fingerprint density at radius 3 is 2.38 bits per heavy atom. The number of hydrogen-bond acceptors (Lipinski definition) is 3. The second-order valence-corrected chi connectivity index (χ2v) is 9.36. The number of rotatable bonds is 4. The molecule has 1 aliphatic rings. The van der Waals surface area contributed by atoms with Crippen molar-refractivity contribution in [2.24, 2.45) is 0 Å². The number of anilines is 1. The Labute approximate surface area is 209 Å². The van der Waals surface area contributed by atoms with Crippen LogP contribution in [0.3, 0.4) is 0 Å². The molecule has 1 fully saturated rings. The van der Waals surface area contributed by atoms with Gasteiger partial charge in [0.1, 0.15) is 5.75 Å². The Morgan fingerprint density at radius 2 is 1.71 bits per heavy atom. The van der Waals surface area contributed by atoms with Crippen LogP contribution in [0, 0.1) is 20.8 Å². The molecule has 0 aliphatic carbocycles. The number of aromatic hydroxyl groups is 1. The van der Waals surface area contributed by atoms with Crippen molar-refractivity contribution in [1.82, 2.24) is 14.9 Å². The van der Waals surface area contributed by atoms with Gasteiger partial charge in [-0.1, -0.05) is 23.7 Å². The van der Waals surface area contributed by atoms with E-state index in [1.165, 1.54) is 11.1 Å². The zero-order chi connectivity index (χ0) is 24.0. The van der Waals surface area contributed by atoms with E-state index in [-0.39, 0.29) is 17.8 Å². The first-order valence-electron chi connectivity index (χ1n) is 11.1. The minimum absolute atomic E-state index is 0.133. The quantitative estimate of drug-likeness (QED) is 0.328. The number of nitrogens with one attached hydrogen (secondary N) is 1. The molecule has 34 heavy (non-hydrogen) atoms. The molecule has 1 aliphatic heterocycles. The maximum Gasteiger partial charge on any atom is 0.174 e. The topological polar surface area (TPSA) is 53.3 Å². The van der Waals surface area contributed by atoms with Gasteiger partial charge in [-0.05, 0) is 93.1 Å². The normalized spacial score (nSPS) is 17.8. The molecule has 4 aromatic rings. The van der Waals surface area contributed by atoms with Crippen LogP contribution in [0.2, 0.25) is 5.02 Å². The summed E-state index contributed by atoms with van der Waals surface area (Å²) in [7, 11) is 0. The molecular weight excluding hydrogens is 464 g/mol. The zero-order valence-corrected chi connectivity index (χ0v) is 20.7. The van der Waals surface area contributed by atoms with Crippen molar-refractivity contribution in [3.63, 3.8) is 0 Å². The summed E-state index contributed by atoms with van der Waals surface area (Å²) in [5.41, 5.74) is 7.51. The van der Waals surface area contributed by atoms with E-state index in [9.17, 15) is 5.11 Å². The van der Waals surface area contributed by atoms with Crippen molar-refractivity contribution < 1.29 is 5.11 Å². The van der Waals surface area contributed by atoms with E-state index in [2.05, 4.69) is 46.6 Å². The highest BCUT2D eigenvalue weighted by atomic mass is 35.5. The molecule has 172 valence electrons. The molecule has 5 rings (SSSR count). The Bertz CT molecular complexity index is 1370. The predicted molar refractivity (Wildman–Crippen MR) is 141 cm³/mol. The van der Waals surface area contributed by atoms with Gasteiger partial charge < -0.3 is 19.9 Å². The van der Waals surface area contributed by atoms with Gasteiger partial charge in [-0.2, -0.15) is 0 Å². The van der Waals surface area contributed by atoms with Crippen LogP contribution in [0.4, 0.5) is 5.69 Å². The summed E-state index contributed by atoms with van der Waals surface area (Å²) >= 11 is 12.2. The number of benzene rings is 2. The third kappa shape index (κ3) is 3.73. The largest absolute Gasteiger partial charge is 0.508 e. The first-order valence-corrected chi connectivity index (χ1v) is 11.9. The first-order chi connectivity index (χ1) is 16.4. The molecule has 0 unspecified atom stereocenters. The van der Waals surface area contributed by atoms with E-state index in [1.807, 2.05) is 54.7 Å². The molecule has 0 saturated carbocycles. The first kappa shape index (κ1) is 22.4. The lowest BCUT2D eigenvalue weighted by atomic mass is 9.93. The second-order valence-electron chi connectivity index (χ2n) is 8.54. The van der Waals surface area contributed by atoms with Gasteiger partial charge in [0.25, 0.3) is 0 Å². The van der Waals surface area contributed by atoms with E-state index in [1.54, 1.807) is 12.1 Å². The highest BCUT2D eigenvalue weighted by Gasteiger charge is 2.43. The minimum Gasteiger partial charge on any atom is -0.508 e. The number of phenols is 1. The molecule has 2 atom stereocenters. The fraction of sp³-hybridized carbons (Fsp3) is 0.185. The average Bonchev–Trinajstić information content (AvgIpc) is 3.27. The summed E-state index contributed by atoms with van der Waals surface area (Å²) in [6.45, 7) is 6.43. The smallest absolute Gasteiger partial charge is 0.174 e. The van der Waals surface area contributed by atoms with Crippen molar-refractivity contribution >= 4 is 34.6 Å². The molecule has 2 N–H and O–H groups in total. The van der Waals surface area contributed by atoms with E-state index in [0.29, 0.717) is 10.1 Å². The van der Waals surface area contributed by atoms with Gasteiger partial charge in [0.05, 0.1) is 17.8 Å². The lowest BCUT2D eigenvalue weighted by molar-refractivity contribution is 0.475. The lowest BCUT2D eigenvalue weighted by Gasteiger charge is -2.29. The molecular formula is C27H25ClN4OS. The molecule has 0 radical (unpaired) electrons. The summed E-state index contributed by atoms with van der Waals surface area (Å²) in [4.78, 5) is 6.79. The van der Waals surface area contributed by atoms with E-state index in [0.717, 1.165) is 28.5 Å². The van der Waals surface area contributed by atoms with Crippen LogP contribution >= 0.6 is 23.8 Å². The van der Waals surface area contributed by atoms with E-state index < -0.39 is 0 Å². The van der Waals surface area contributed by atoms with Crippen LogP contribution in [-0.4, -0.2) is 19.8 Å². The third-order valence-corrected chi connectivity index (χ3v) is 7.15. The summed E-state index contributed by atoms with van der Waals surface area (Å²) in [5.74, 6) is 0.218. The van der Waals surface area contributed by atoms with Gasteiger partial charge >= 0.3 is 0 Å². The van der Waals surface area contributed by atoms with Crippen LogP contribution in [-0.2, 0) is 0 Å². The fourth-order valence-electron chi connectivity index (χ4n) is 4.98. The summed E-state index contributed by atoms with van der Waals surface area (Å²) in [6, 6.07) is 20.7. The Hall–Kier alpha value is -3.35. The van der Waals surface area contributed by atoms with Crippen LogP contribution in [0.25, 0.3) is 5.69 Å². The van der Waals surface area contributed by atoms with Crippen LogP contribution in [0.1, 0.15) is 40.3 Å². The summed E-state index contributed by atoms with van der Waals surface area (Å²) < 4.78 is 2.25. The van der Waals surface area contributed by atoms with Crippen LogP contribution in [0.5, 0.6) is 5.75 Å². The number of aromatic nitrogens is 2. The van der Waals surface area contributed by atoms with Crippen LogP contribution in [0.15, 0.2) is 72.9 Å². The lowest BCUT2D eigenvalue weighted by Crippen LogP contribution is -2.29. The van der Waals surface area contributed by atoms with Gasteiger partial charge in [-0.3, -0.25) is 4.98 Å². The van der Waals surface area contributed by atoms with Gasteiger partial charge in [0.2, 0.25) is 0 Å². The van der Waals surface area contributed by atoms with E-state index in [4.69, 9.17) is 23.8 Å². The van der Waals surface area contributed by atoms with Crippen molar-refractivity contribution in [2.45, 2.75) is 32.9 Å². The number of halogens is 1. The van der Waals surface area contributed by atoms with E-state index >= 15 is 0 Å². The van der Waals surface area contributed by atoms with Crippen molar-refractivity contribution in [3.05, 3.63) is 106 Å². The number of phenolic OH excluding ortho intramolecular Hbond substituents is 1. The maximum absolute atomic E-state index is 9.86. The molecule has 1 saturated heterocycles. The number of pyridine rings is 1. The number of thiocarbonyl (C=S) groups is 1. The molecule has 7 heteroatoms.